The van der Waals surface area contributed by atoms with Crippen molar-refractivity contribution in [1.29, 1.82) is 0 Å². The lowest BCUT2D eigenvalue weighted by Crippen LogP contribution is -2.34. The maximum Gasteiger partial charge on any atom is 0.270 e. The van der Waals surface area contributed by atoms with Crippen molar-refractivity contribution < 1.29 is 9.72 Å². The Balaban J connectivity index is 2.81. The highest BCUT2D eigenvalue weighted by Gasteiger charge is 2.16. The molecule has 1 N–H and O–H groups in total. The van der Waals surface area contributed by atoms with Gasteiger partial charge in [0, 0.05) is 27.5 Å². The van der Waals surface area contributed by atoms with E-state index in [2.05, 4.69) is 12.2 Å². The van der Waals surface area contributed by atoms with Gasteiger partial charge in [0.15, 0.2) is 0 Å². The van der Waals surface area contributed by atoms with Gasteiger partial charge < -0.3 is 5.32 Å². The van der Waals surface area contributed by atoms with Crippen LogP contribution in [0.15, 0.2) is 18.2 Å². The van der Waals surface area contributed by atoms with Crippen molar-refractivity contribution in [3.05, 3.63) is 37.4 Å². The summed E-state index contributed by atoms with van der Waals surface area (Å²) >= 11 is 3.74. The van der Waals surface area contributed by atoms with Crippen molar-refractivity contribution in [3.63, 3.8) is 0 Å². The van der Waals surface area contributed by atoms with Crippen molar-refractivity contribution in [3.8, 4) is 0 Å². The van der Waals surface area contributed by atoms with Gasteiger partial charge in [0.2, 0.25) is 0 Å². The van der Waals surface area contributed by atoms with E-state index in [1.54, 1.807) is 17.8 Å². The minimum atomic E-state index is -0.497. The smallest absolute Gasteiger partial charge is 0.270 e. The van der Waals surface area contributed by atoms with E-state index in [9.17, 15) is 14.9 Å². The van der Waals surface area contributed by atoms with Gasteiger partial charge in [-0.15, -0.1) is 0 Å². The number of halogens is 1. The first-order chi connectivity index (χ1) is 8.95. The van der Waals surface area contributed by atoms with Crippen LogP contribution < -0.4 is 5.32 Å². The van der Waals surface area contributed by atoms with Gasteiger partial charge in [-0.05, 0) is 41.3 Å². The van der Waals surface area contributed by atoms with Gasteiger partial charge in [0.05, 0.1) is 10.5 Å². The highest BCUT2D eigenvalue weighted by Crippen LogP contribution is 2.19. The molecule has 0 bridgehead atoms. The molecule has 104 valence electrons. The minimum absolute atomic E-state index is 0.0347. The summed E-state index contributed by atoms with van der Waals surface area (Å²) in [7, 11) is 0. The Morgan fingerprint density at radius 3 is 2.84 bits per heavy atom. The molecule has 1 aromatic carbocycles. The lowest BCUT2D eigenvalue weighted by atomic mass is 10.2. The second-order valence-corrected chi connectivity index (χ2v) is 6.44. The second-order valence-electron chi connectivity index (χ2n) is 3.96. The van der Waals surface area contributed by atoms with E-state index in [0.29, 0.717) is 9.13 Å². The zero-order valence-corrected chi connectivity index (χ0v) is 13.7. The SMILES string of the molecule is CCSCC(C)NC(=O)c1cc([N+](=O)[O-])ccc1I. The molecule has 0 aliphatic rings. The van der Waals surface area contributed by atoms with Gasteiger partial charge in [-0.2, -0.15) is 11.8 Å². The predicted molar refractivity (Wildman–Crippen MR) is 85.7 cm³/mol. The third kappa shape index (κ3) is 4.98. The van der Waals surface area contributed by atoms with E-state index in [1.807, 2.05) is 29.5 Å². The fourth-order valence-corrected chi connectivity index (χ4v) is 2.69. The van der Waals surface area contributed by atoms with E-state index >= 15 is 0 Å². The first-order valence-electron chi connectivity index (χ1n) is 5.78. The molecule has 0 aliphatic carbocycles. The molecule has 1 atom stereocenters. The molecule has 5 nitrogen and oxygen atoms in total. The minimum Gasteiger partial charge on any atom is -0.349 e. The molecule has 0 heterocycles. The van der Waals surface area contributed by atoms with Gasteiger partial charge in [-0.1, -0.05) is 6.92 Å². The van der Waals surface area contributed by atoms with Gasteiger partial charge in [-0.25, -0.2) is 0 Å². The van der Waals surface area contributed by atoms with E-state index in [4.69, 9.17) is 0 Å². The number of nitrogens with one attached hydrogen (secondary N) is 1. The van der Waals surface area contributed by atoms with Crippen molar-refractivity contribution in [2.45, 2.75) is 19.9 Å². The molecule has 1 rings (SSSR count). The van der Waals surface area contributed by atoms with Crippen LogP contribution in [0.25, 0.3) is 0 Å². The summed E-state index contributed by atoms with van der Waals surface area (Å²) in [5.74, 6) is 1.56. The quantitative estimate of drug-likeness (QED) is 0.457. The second kappa shape index (κ2) is 7.68. The fraction of sp³-hybridized carbons (Fsp3) is 0.417. The van der Waals surface area contributed by atoms with E-state index in [0.717, 1.165) is 11.5 Å². The zero-order chi connectivity index (χ0) is 14.4. The first kappa shape index (κ1) is 16.2. The standard InChI is InChI=1S/C12H15IN2O3S/c1-3-19-7-8(2)14-12(16)10-6-9(15(17)18)4-5-11(10)13/h4-6,8H,3,7H2,1-2H3,(H,14,16). The lowest BCUT2D eigenvalue weighted by Gasteiger charge is -2.13. The normalized spacial score (nSPS) is 11.9. The molecule has 0 spiro atoms. The molecule has 0 saturated heterocycles. The number of nitro benzene ring substituents is 1. The molecule has 0 radical (unpaired) electrons. The molecule has 0 aliphatic heterocycles. The Bertz CT molecular complexity index is 482. The summed E-state index contributed by atoms with van der Waals surface area (Å²) in [6, 6.07) is 4.33. The first-order valence-corrected chi connectivity index (χ1v) is 8.01. The number of carbonyl (C=O) groups excluding carboxylic acids is 1. The average Bonchev–Trinajstić information content (AvgIpc) is 2.36. The van der Waals surface area contributed by atoms with Crippen LogP contribution in [-0.2, 0) is 0 Å². The summed E-state index contributed by atoms with van der Waals surface area (Å²) in [5, 5.41) is 13.6. The Morgan fingerprint density at radius 2 is 2.26 bits per heavy atom. The Hall–Kier alpha value is -0.830. The van der Waals surface area contributed by atoms with Crippen molar-refractivity contribution in [2.24, 2.45) is 0 Å². The highest BCUT2D eigenvalue weighted by atomic mass is 127. The Morgan fingerprint density at radius 1 is 1.58 bits per heavy atom. The van der Waals surface area contributed by atoms with E-state index in [1.165, 1.54) is 12.1 Å². The van der Waals surface area contributed by atoms with E-state index < -0.39 is 4.92 Å². The zero-order valence-electron chi connectivity index (χ0n) is 10.7. The Kier molecular flexibility index (Phi) is 6.56. The molecule has 7 heteroatoms. The number of benzene rings is 1. The number of rotatable bonds is 6. The summed E-state index contributed by atoms with van der Waals surface area (Å²) in [6.45, 7) is 3.98. The van der Waals surface area contributed by atoms with E-state index in [-0.39, 0.29) is 17.6 Å². The summed E-state index contributed by atoms with van der Waals surface area (Å²) in [6.07, 6.45) is 0. The van der Waals surface area contributed by atoms with Crippen LogP contribution in [0.3, 0.4) is 0 Å². The number of thioether (sulfide) groups is 1. The molecule has 0 aromatic heterocycles. The van der Waals surface area contributed by atoms with Crippen LogP contribution in [0.1, 0.15) is 24.2 Å². The highest BCUT2D eigenvalue weighted by molar-refractivity contribution is 14.1. The molecule has 0 fully saturated rings. The predicted octanol–water partition coefficient (Wildman–Crippen LogP) is 3.07. The average molecular weight is 394 g/mol. The van der Waals surface area contributed by atoms with Crippen molar-refractivity contribution >= 4 is 45.9 Å². The van der Waals surface area contributed by atoms with Crippen LogP contribution in [0, 0.1) is 13.7 Å². The van der Waals surface area contributed by atoms with Crippen LogP contribution in [-0.4, -0.2) is 28.4 Å². The van der Waals surface area contributed by atoms with Gasteiger partial charge in [0.25, 0.3) is 11.6 Å². The number of amides is 1. The van der Waals surface area contributed by atoms with Crippen molar-refractivity contribution in [2.75, 3.05) is 11.5 Å². The number of hydrogen-bond acceptors (Lipinski definition) is 4. The fourth-order valence-electron chi connectivity index (χ4n) is 1.44. The summed E-state index contributed by atoms with van der Waals surface area (Å²) < 4.78 is 0.705. The lowest BCUT2D eigenvalue weighted by molar-refractivity contribution is -0.384. The maximum atomic E-state index is 12.1. The van der Waals surface area contributed by atoms with Crippen LogP contribution in [0.4, 0.5) is 5.69 Å². The van der Waals surface area contributed by atoms with Gasteiger partial charge in [-0.3, -0.25) is 14.9 Å². The third-order valence-corrected chi connectivity index (χ3v) is 4.44. The monoisotopic (exact) mass is 394 g/mol. The van der Waals surface area contributed by atoms with Crippen LogP contribution in [0.5, 0.6) is 0 Å². The topological polar surface area (TPSA) is 72.2 Å². The number of carbonyl (C=O) groups is 1. The maximum absolute atomic E-state index is 12.1. The molecule has 19 heavy (non-hydrogen) atoms. The summed E-state index contributed by atoms with van der Waals surface area (Å²) in [4.78, 5) is 22.3. The number of hydrogen-bond donors (Lipinski definition) is 1. The molecular formula is C12H15IN2O3S. The Labute approximate surface area is 129 Å². The van der Waals surface area contributed by atoms with Crippen molar-refractivity contribution in [1.82, 2.24) is 5.32 Å². The van der Waals surface area contributed by atoms with Crippen LogP contribution in [0.2, 0.25) is 0 Å². The van der Waals surface area contributed by atoms with Gasteiger partial charge >= 0.3 is 0 Å². The molecule has 1 amide bonds. The number of nitrogens with zero attached hydrogens (tertiary/aromatic N) is 1. The number of non-ortho nitro benzene ring substituents is 1. The van der Waals surface area contributed by atoms with Crippen LogP contribution >= 0.6 is 34.4 Å². The molecule has 0 saturated carbocycles. The van der Waals surface area contributed by atoms with Gasteiger partial charge in [0.1, 0.15) is 0 Å². The molecular weight excluding hydrogens is 379 g/mol. The molecule has 1 aromatic rings. The largest absolute Gasteiger partial charge is 0.349 e. The number of nitro groups is 1. The summed E-state index contributed by atoms with van der Waals surface area (Å²) in [5.41, 5.74) is 0.282. The molecule has 1 unspecified atom stereocenters. The third-order valence-electron chi connectivity index (χ3n) is 2.35.